The molecule has 0 aromatic heterocycles. The lowest BCUT2D eigenvalue weighted by Gasteiger charge is -2.14. The first kappa shape index (κ1) is 23.7. The number of aryl methyl sites for hydroxylation is 1. The van der Waals surface area contributed by atoms with Crippen LogP contribution in [-0.4, -0.2) is 30.4 Å². The van der Waals surface area contributed by atoms with Crippen molar-refractivity contribution in [2.75, 3.05) is 4.72 Å². The van der Waals surface area contributed by atoms with E-state index in [1.54, 1.807) is 0 Å². The zero-order valence-electron chi connectivity index (χ0n) is 17.8. The van der Waals surface area contributed by atoms with Crippen LogP contribution >= 0.6 is 0 Å². The van der Waals surface area contributed by atoms with Crippen LogP contribution in [0.5, 0.6) is 5.75 Å². The molecule has 0 saturated carbocycles. The van der Waals surface area contributed by atoms with E-state index in [0.29, 0.717) is 5.56 Å². The fourth-order valence-corrected chi connectivity index (χ4v) is 4.21. The number of nitro benzene ring substituents is 1. The monoisotopic (exact) mass is 469 g/mol. The van der Waals surface area contributed by atoms with Crippen LogP contribution in [0.15, 0.2) is 77.7 Å². The van der Waals surface area contributed by atoms with Gasteiger partial charge in [0.15, 0.2) is 5.75 Å². The van der Waals surface area contributed by atoms with E-state index in [4.69, 9.17) is 0 Å². The highest BCUT2D eigenvalue weighted by Gasteiger charge is 2.21. The van der Waals surface area contributed by atoms with Crippen LogP contribution in [0.1, 0.15) is 29.3 Å². The fourth-order valence-electron chi connectivity index (χ4n) is 3.13. The van der Waals surface area contributed by atoms with Gasteiger partial charge < -0.3 is 10.4 Å². The summed E-state index contributed by atoms with van der Waals surface area (Å²) in [7, 11) is -4.14. The van der Waals surface area contributed by atoms with Crippen molar-refractivity contribution in [3.63, 3.8) is 0 Å². The van der Waals surface area contributed by atoms with Crippen LogP contribution in [0.2, 0.25) is 0 Å². The number of hydrogen-bond donors (Lipinski definition) is 3. The molecule has 0 aliphatic heterocycles. The smallest absolute Gasteiger partial charge is 0.312 e. The molecule has 0 heterocycles. The van der Waals surface area contributed by atoms with E-state index in [-0.39, 0.29) is 22.5 Å². The van der Waals surface area contributed by atoms with Crippen molar-refractivity contribution >= 4 is 27.3 Å². The van der Waals surface area contributed by atoms with Crippen LogP contribution < -0.4 is 10.0 Å². The van der Waals surface area contributed by atoms with Crippen LogP contribution in [0.4, 0.5) is 11.4 Å². The molecule has 3 rings (SSSR count). The number of carbonyl (C=O) groups is 1. The molecule has 0 aliphatic rings. The molecular weight excluding hydrogens is 446 g/mol. The largest absolute Gasteiger partial charge is 0.502 e. The maximum Gasteiger partial charge on any atom is 0.312 e. The van der Waals surface area contributed by atoms with Crippen molar-refractivity contribution in [1.82, 2.24) is 5.32 Å². The molecule has 1 atom stereocenters. The van der Waals surface area contributed by atoms with Gasteiger partial charge in [-0.1, -0.05) is 30.3 Å². The second-order valence-electron chi connectivity index (χ2n) is 7.49. The second-order valence-corrected chi connectivity index (χ2v) is 9.17. The van der Waals surface area contributed by atoms with Gasteiger partial charge in [0.2, 0.25) is 0 Å². The molecule has 0 aliphatic carbocycles. The predicted octanol–water partition coefficient (Wildman–Crippen LogP) is 3.85. The maximum atomic E-state index is 12.5. The molecule has 1 amide bonds. The summed E-state index contributed by atoms with van der Waals surface area (Å²) in [6.07, 6.45) is 1.60. The van der Waals surface area contributed by atoms with Crippen LogP contribution in [0, 0.1) is 10.1 Å². The second kappa shape index (κ2) is 10.1. The van der Waals surface area contributed by atoms with Crippen molar-refractivity contribution in [3.8, 4) is 5.75 Å². The van der Waals surface area contributed by atoms with E-state index in [1.807, 2.05) is 37.3 Å². The zero-order chi connectivity index (χ0) is 24.0. The minimum atomic E-state index is -4.14. The molecule has 10 heteroatoms. The molecule has 3 N–H and O–H groups in total. The van der Waals surface area contributed by atoms with Gasteiger partial charge >= 0.3 is 5.69 Å². The van der Waals surface area contributed by atoms with Gasteiger partial charge in [0, 0.05) is 23.4 Å². The highest BCUT2D eigenvalue weighted by Crippen LogP contribution is 2.29. The molecule has 3 aromatic carbocycles. The Morgan fingerprint density at radius 3 is 2.36 bits per heavy atom. The number of rotatable bonds is 9. The quantitative estimate of drug-likeness (QED) is 0.321. The molecule has 0 radical (unpaired) electrons. The lowest BCUT2D eigenvalue weighted by molar-refractivity contribution is -0.386. The molecule has 33 heavy (non-hydrogen) atoms. The van der Waals surface area contributed by atoms with Gasteiger partial charge in [-0.2, -0.15) is 0 Å². The SMILES string of the molecule is CC(CCc1ccccc1)NC(=O)c1ccc(NS(=O)(=O)c2ccc(O)c([N+](=O)[O-])c2)cc1. The molecule has 0 spiro atoms. The summed E-state index contributed by atoms with van der Waals surface area (Å²) < 4.78 is 27.4. The summed E-state index contributed by atoms with van der Waals surface area (Å²) in [5.41, 5.74) is 1.02. The van der Waals surface area contributed by atoms with E-state index < -0.39 is 26.4 Å². The number of nitrogens with one attached hydrogen (secondary N) is 2. The Bertz CT molecular complexity index is 1240. The molecular formula is C23H23N3O6S. The van der Waals surface area contributed by atoms with Crippen molar-refractivity contribution in [3.05, 3.63) is 94.0 Å². The van der Waals surface area contributed by atoms with Gasteiger partial charge in [-0.05, 0) is 61.7 Å². The normalized spacial score (nSPS) is 12.0. The summed E-state index contributed by atoms with van der Waals surface area (Å²) in [6.45, 7) is 1.92. The first-order valence-electron chi connectivity index (χ1n) is 10.1. The average Bonchev–Trinajstić information content (AvgIpc) is 2.78. The Kier molecular flexibility index (Phi) is 7.29. The van der Waals surface area contributed by atoms with Crippen molar-refractivity contribution in [2.24, 2.45) is 0 Å². The minimum absolute atomic E-state index is 0.0545. The Morgan fingerprint density at radius 1 is 1.06 bits per heavy atom. The zero-order valence-corrected chi connectivity index (χ0v) is 18.6. The van der Waals surface area contributed by atoms with Crippen molar-refractivity contribution in [1.29, 1.82) is 0 Å². The Labute approximate surface area is 191 Å². The minimum Gasteiger partial charge on any atom is -0.502 e. The Hall–Kier alpha value is -3.92. The van der Waals surface area contributed by atoms with Crippen LogP contribution in [-0.2, 0) is 16.4 Å². The van der Waals surface area contributed by atoms with Crippen LogP contribution in [0.3, 0.4) is 0 Å². The van der Waals surface area contributed by atoms with Crippen LogP contribution in [0.25, 0.3) is 0 Å². The third-order valence-corrected chi connectivity index (χ3v) is 6.32. The molecule has 0 saturated heterocycles. The van der Waals surface area contributed by atoms with Gasteiger partial charge in [-0.15, -0.1) is 0 Å². The Morgan fingerprint density at radius 2 is 1.73 bits per heavy atom. The fraction of sp³-hybridized carbons (Fsp3) is 0.174. The van der Waals surface area contributed by atoms with E-state index >= 15 is 0 Å². The van der Waals surface area contributed by atoms with Gasteiger partial charge in [-0.3, -0.25) is 19.6 Å². The Balaban J connectivity index is 1.62. The van der Waals surface area contributed by atoms with Gasteiger partial charge in [0.25, 0.3) is 15.9 Å². The van der Waals surface area contributed by atoms with Gasteiger partial charge in [0.1, 0.15) is 0 Å². The molecule has 0 bridgehead atoms. The highest BCUT2D eigenvalue weighted by molar-refractivity contribution is 7.92. The first-order chi connectivity index (χ1) is 15.7. The maximum absolute atomic E-state index is 12.5. The molecule has 3 aromatic rings. The summed E-state index contributed by atoms with van der Waals surface area (Å²) in [5.74, 6) is -0.911. The number of nitrogens with zero attached hydrogens (tertiary/aromatic N) is 1. The summed E-state index contributed by atoms with van der Waals surface area (Å²) in [6, 6.07) is 18.5. The third kappa shape index (κ3) is 6.30. The number of benzene rings is 3. The number of aromatic hydroxyl groups is 1. The lowest BCUT2D eigenvalue weighted by atomic mass is 10.1. The number of amides is 1. The van der Waals surface area contributed by atoms with Gasteiger partial charge in [0.05, 0.1) is 9.82 Å². The predicted molar refractivity (Wildman–Crippen MR) is 124 cm³/mol. The highest BCUT2D eigenvalue weighted by atomic mass is 32.2. The number of anilines is 1. The van der Waals surface area contributed by atoms with E-state index in [1.165, 1.54) is 29.8 Å². The molecule has 0 fully saturated rings. The van der Waals surface area contributed by atoms with Gasteiger partial charge in [-0.25, -0.2) is 8.42 Å². The van der Waals surface area contributed by atoms with E-state index in [0.717, 1.165) is 31.0 Å². The summed E-state index contributed by atoms with van der Waals surface area (Å²) >= 11 is 0. The van der Waals surface area contributed by atoms with Crippen molar-refractivity contribution < 1.29 is 23.2 Å². The first-order valence-corrected chi connectivity index (χ1v) is 11.6. The topological polar surface area (TPSA) is 139 Å². The number of sulfonamides is 1. The number of phenolic OH excluding ortho intramolecular Hbond substituents is 1. The number of nitro groups is 1. The van der Waals surface area contributed by atoms with E-state index in [2.05, 4.69) is 10.0 Å². The molecule has 172 valence electrons. The van der Waals surface area contributed by atoms with Crippen molar-refractivity contribution in [2.45, 2.75) is 30.7 Å². The molecule has 1 unspecified atom stereocenters. The summed E-state index contributed by atoms with van der Waals surface area (Å²) in [4.78, 5) is 22.2. The molecule has 9 nitrogen and oxygen atoms in total. The summed E-state index contributed by atoms with van der Waals surface area (Å²) in [5, 5.41) is 23.4. The average molecular weight is 470 g/mol. The third-order valence-electron chi connectivity index (χ3n) is 4.94. The number of carbonyl (C=O) groups excluding carboxylic acids is 1. The number of hydrogen-bond acceptors (Lipinski definition) is 6. The number of phenols is 1. The lowest BCUT2D eigenvalue weighted by Crippen LogP contribution is -2.32. The standard InChI is InChI=1S/C23H23N3O6S/c1-16(7-8-17-5-3-2-4-6-17)24-23(28)18-9-11-19(12-10-18)25-33(31,32)20-13-14-22(27)21(15-20)26(29)30/h2-6,9-16,25,27H,7-8H2,1H3,(H,24,28). The van der Waals surface area contributed by atoms with E-state index in [9.17, 15) is 28.4 Å².